The molecule has 0 spiro atoms. The fraction of sp³-hybridized carbons (Fsp3) is 0.120. The van der Waals surface area contributed by atoms with Crippen molar-refractivity contribution in [2.75, 3.05) is 32.3 Å². The second kappa shape index (κ2) is 7.30. The molecule has 0 fully saturated rings. The summed E-state index contributed by atoms with van der Waals surface area (Å²) in [5.74, 6) is 1.85. The molecule has 0 saturated carbocycles. The smallest absolute Gasteiger partial charge is 0.395 e. The van der Waals surface area contributed by atoms with E-state index >= 15 is 0 Å². The van der Waals surface area contributed by atoms with Crippen LogP contribution in [0.3, 0.4) is 0 Å². The molecule has 8 heteroatoms. The van der Waals surface area contributed by atoms with E-state index in [1.54, 1.807) is 0 Å². The predicted molar refractivity (Wildman–Crippen MR) is 135 cm³/mol. The van der Waals surface area contributed by atoms with Crippen molar-refractivity contribution in [3.8, 4) is 0 Å². The quantitative estimate of drug-likeness (QED) is 0.395. The Morgan fingerprint density at radius 2 is 0.970 bits per heavy atom. The number of benzene rings is 2. The Bertz CT molecular complexity index is 1260. The molecule has 5 heterocycles. The molecular weight excluding hydrogens is 406 g/mol. The summed E-state index contributed by atoms with van der Waals surface area (Å²) >= 11 is 0. The fourth-order valence-electron chi connectivity index (χ4n) is 4.87. The molecule has 0 N–H and O–H groups in total. The van der Waals surface area contributed by atoms with Crippen molar-refractivity contribution < 1.29 is 0 Å². The summed E-state index contributed by atoms with van der Waals surface area (Å²) in [6, 6.07) is 29.5. The SMILES string of the molecule is [B]1N2CCN3[B]N(c4cccc(n4)Cc4cccc(n4)N1c1ccccc12)c1ccccc13. The zero-order chi connectivity index (χ0) is 21.8. The molecule has 2 radical (unpaired) electrons. The maximum atomic E-state index is 4.99. The first-order valence-electron chi connectivity index (χ1n) is 11.3. The van der Waals surface area contributed by atoms with Crippen LogP contribution in [-0.2, 0) is 6.42 Å². The van der Waals surface area contributed by atoms with Crippen molar-refractivity contribution in [1.82, 2.24) is 9.97 Å². The molecule has 0 saturated heterocycles. The van der Waals surface area contributed by atoms with Gasteiger partial charge in [0.05, 0.1) is 11.4 Å². The molecule has 0 atom stereocenters. The Morgan fingerprint density at radius 3 is 1.45 bits per heavy atom. The van der Waals surface area contributed by atoms with E-state index in [-0.39, 0.29) is 0 Å². The van der Waals surface area contributed by atoms with Gasteiger partial charge in [-0.3, -0.25) is 0 Å². The highest BCUT2D eigenvalue weighted by Gasteiger charge is 2.33. The van der Waals surface area contributed by atoms with Gasteiger partial charge in [-0.05, 0) is 48.5 Å². The first kappa shape index (κ1) is 18.6. The van der Waals surface area contributed by atoms with E-state index in [0.717, 1.165) is 47.5 Å². The van der Waals surface area contributed by atoms with Gasteiger partial charge in [-0.2, -0.15) is 0 Å². The van der Waals surface area contributed by atoms with E-state index in [9.17, 15) is 0 Å². The first-order chi connectivity index (χ1) is 16.3. The van der Waals surface area contributed by atoms with Crippen molar-refractivity contribution in [1.29, 1.82) is 0 Å². The molecular formula is C25H20B2N6. The van der Waals surface area contributed by atoms with Crippen molar-refractivity contribution >= 4 is 49.5 Å². The molecule has 2 aromatic carbocycles. The molecule has 8 bridgehead atoms. The minimum absolute atomic E-state index is 0.681. The lowest BCUT2D eigenvalue weighted by Crippen LogP contribution is -2.41. The van der Waals surface area contributed by atoms with Crippen LogP contribution in [0.1, 0.15) is 11.4 Å². The summed E-state index contributed by atoms with van der Waals surface area (Å²) in [7, 11) is 4.35. The highest BCUT2D eigenvalue weighted by Crippen LogP contribution is 2.41. The van der Waals surface area contributed by atoms with Gasteiger partial charge in [0.1, 0.15) is 11.6 Å². The topological polar surface area (TPSA) is 38.7 Å². The Hall–Kier alpha value is -3.93. The van der Waals surface area contributed by atoms with Crippen LogP contribution in [-0.4, -0.2) is 38.2 Å². The molecule has 7 rings (SSSR count). The Kier molecular flexibility index (Phi) is 4.12. The lowest BCUT2D eigenvalue weighted by atomic mass is 10.1. The minimum atomic E-state index is 0.681. The summed E-state index contributed by atoms with van der Waals surface area (Å²) < 4.78 is 0. The number of rotatable bonds is 0. The van der Waals surface area contributed by atoms with Gasteiger partial charge in [0.25, 0.3) is 0 Å². The van der Waals surface area contributed by atoms with E-state index in [1.165, 1.54) is 11.4 Å². The molecule has 0 aliphatic carbocycles. The zero-order valence-corrected chi connectivity index (χ0v) is 18.0. The van der Waals surface area contributed by atoms with Gasteiger partial charge >= 0.3 is 15.1 Å². The van der Waals surface area contributed by atoms with Crippen LogP contribution in [0, 0.1) is 0 Å². The van der Waals surface area contributed by atoms with E-state index in [1.807, 2.05) is 0 Å². The summed E-state index contributed by atoms with van der Waals surface area (Å²) in [5.41, 5.74) is 6.72. The third-order valence-electron chi connectivity index (χ3n) is 6.43. The van der Waals surface area contributed by atoms with E-state index in [4.69, 9.17) is 9.97 Å². The number of aromatic nitrogens is 2. The van der Waals surface area contributed by atoms with Gasteiger partial charge in [-0.25, -0.2) is 9.97 Å². The number of hydrogen-bond acceptors (Lipinski definition) is 6. The Morgan fingerprint density at radius 1 is 0.515 bits per heavy atom. The van der Waals surface area contributed by atoms with Crippen LogP contribution in [0.25, 0.3) is 0 Å². The summed E-state index contributed by atoms with van der Waals surface area (Å²) in [5, 5.41) is 0. The van der Waals surface area contributed by atoms with E-state index < -0.39 is 0 Å². The average Bonchev–Trinajstić information content (AvgIpc) is 3.41. The molecule has 0 amide bonds. The van der Waals surface area contributed by atoms with Crippen molar-refractivity contribution in [2.45, 2.75) is 6.42 Å². The summed E-state index contributed by atoms with van der Waals surface area (Å²) in [6.07, 6.45) is 0.681. The minimum Gasteiger partial charge on any atom is -0.395 e. The highest BCUT2D eigenvalue weighted by molar-refractivity contribution is 6.54. The maximum absolute atomic E-state index is 4.99. The zero-order valence-electron chi connectivity index (χ0n) is 18.0. The third-order valence-corrected chi connectivity index (χ3v) is 6.43. The monoisotopic (exact) mass is 426 g/mol. The number of fused-ring (bicyclic) bond motifs is 16. The van der Waals surface area contributed by atoms with Crippen molar-refractivity contribution in [3.05, 3.63) is 96.3 Å². The van der Waals surface area contributed by atoms with Crippen LogP contribution < -0.4 is 19.2 Å². The summed E-state index contributed by atoms with van der Waals surface area (Å²) in [4.78, 5) is 19.0. The van der Waals surface area contributed by atoms with Crippen LogP contribution in [0.15, 0.2) is 84.9 Å². The number of nitrogens with zero attached hydrogens (tertiary/aromatic N) is 6. The fourth-order valence-corrected chi connectivity index (χ4v) is 4.87. The number of para-hydroxylation sites is 4. The van der Waals surface area contributed by atoms with Crippen LogP contribution >= 0.6 is 0 Å². The molecule has 6 nitrogen and oxygen atoms in total. The Balaban J connectivity index is 1.37. The number of pyridine rings is 2. The van der Waals surface area contributed by atoms with Gasteiger partial charge in [-0.15, -0.1) is 0 Å². The van der Waals surface area contributed by atoms with Crippen LogP contribution in [0.2, 0.25) is 0 Å². The number of hydrogen-bond donors (Lipinski definition) is 0. The lowest BCUT2D eigenvalue weighted by Gasteiger charge is -2.24. The van der Waals surface area contributed by atoms with Crippen LogP contribution in [0.5, 0.6) is 0 Å². The third kappa shape index (κ3) is 3.05. The van der Waals surface area contributed by atoms with Gasteiger partial charge in [0.2, 0.25) is 0 Å². The van der Waals surface area contributed by atoms with Gasteiger partial charge in [-0.1, -0.05) is 36.4 Å². The summed E-state index contributed by atoms with van der Waals surface area (Å²) in [6.45, 7) is 1.69. The van der Waals surface area contributed by atoms with E-state index in [0.29, 0.717) is 6.42 Å². The standard InChI is InChI=1S/C25H20B2N6/c1-3-11-22-20(9-1)30-15-16-31-21-10-2-4-12-23(21)33(27-31)25-14-6-8-19(29-25)17-18-7-5-13-24(28-18)32(22)26-30/h1-14H,15-17H2. The second-order valence-electron chi connectivity index (χ2n) is 8.49. The maximum Gasteiger partial charge on any atom is 0.397 e. The van der Waals surface area contributed by atoms with Crippen molar-refractivity contribution in [2.24, 2.45) is 0 Å². The number of anilines is 6. The molecule has 2 aromatic heterocycles. The molecule has 33 heavy (non-hydrogen) atoms. The van der Waals surface area contributed by atoms with Gasteiger partial charge in [0, 0.05) is 42.3 Å². The predicted octanol–water partition coefficient (Wildman–Crippen LogP) is 4.07. The molecule has 156 valence electrons. The second-order valence-corrected chi connectivity index (χ2v) is 8.49. The van der Waals surface area contributed by atoms with Crippen LogP contribution in [0.4, 0.5) is 34.4 Å². The highest BCUT2D eigenvalue weighted by atomic mass is 15.3. The van der Waals surface area contributed by atoms with Gasteiger partial charge < -0.3 is 19.2 Å². The first-order valence-corrected chi connectivity index (χ1v) is 11.3. The molecule has 4 aromatic rings. The molecule has 3 aliphatic rings. The Labute approximate surface area is 194 Å². The van der Waals surface area contributed by atoms with Crippen molar-refractivity contribution in [3.63, 3.8) is 0 Å². The lowest BCUT2D eigenvalue weighted by molar-refractivity contribution is 0.955. The normalized spacial score (nSPS) is 15.8. The average molecular weight is 426 g/mol. The molecule has 3 aliphatic heterocycles. The van der Waals surface area contributed by atoms with E-state index in [2.05, 4.69) is 119 Å². The van der Waals surface area contributed by atoms with Gasteiger partial charge in [0.15, 0.2) is 0 Å². The molecule has 0 unspecified atom stereocenters. The largest absolute Gasteiger partial charge is 0.397 e.